The molecule has 5 heteroatoms. The van der Waals surface area contributed by atoms with E-state index in [0.29, 0.717) is 5.56 Å². The quantitative estimate of drug-likeness (QED) is 0.829. The Morgan fingerprint density at radius 2 is 2.07 bits per heavy atom. The Balaban J connectivity index is 1.72. The summed E-state index contributed by atoms with van der Waals surface area (Å²) in [6.07, 6.45) is 6.13. The van der Waals surface area contributed by atoms with E-state index in [1.54, 1.807) is 11.8 Å². The van der Waals surface area contributed by atoms with E-state index in [9.17, 15) is 10.1 Å². The number of carboxylic acids is 1. The van der Waals surface area contributed by atoms with Crippen LogP contribution in [0.25, 0.3) is 16.3 Å². The maximum atomic E-state index is 11.1. The average molecular weight is 374 g/mol. The molecule has 0 bridgehead atoms. The maximum absolute atomic E-state index is 11.1. The van der Waals surface area contributed by atoms with Gasteiger partial charge >= 0.3 is 5.97 Å². The van der Waals surface area contributed by atoms with E-state index in [2.05, 4.69) is 17.1 Å². The van der Waals surface area contributed by atoms with E-state index >= 15 is 0 Å². The lowest BCUT2D eigenvalue weighted by Gasteiger charge is -2.23. The number of thioether (sulfide) groups is 1. The van der Waals surface area contributed by atoms with Crippen molar-refractivity contribution in [3.63, 3.8) is 0 Å². The highest BCUT2D eigenvalue weighted by Crippen LogP contribution is 2.48. The summed E-state index contributed by atoms with van der Waals surface area (Å²) in [4.78, 5) is 16.6. The first-order valence-electron chi connectivity index (χ1n) is 8.84. The van der Waals surface area contributed by atoms with Crippen LogP contribution in [0.1, 0.15) is 24.5 Å². The summed E-state index contributed by atoms with van der Waals surface area (Å²) in [6.45, 7) is 1.96. The van der Waals surface area contributed by atoms with E-state index < -0.39 is 5.97 Å². The SMILES string of the molecule is CC(CC(=O)O)C1=CC2C=NC=C(c3ccc(C#N)c4ccccc34)C2S1. The minimum Gasteiger partial charge on any atom is -0.481 e. The molecule has 27 heavy (non-hydrogen) atoms. The van der Waals surface area contributed by atoms with E-state index in [4.69, 9.17) is 5.11 Å². The number of carbonyl (C=O) groups is 1. The Morgan fingerprint density at radius 3 is 2.81 bits per heavy atom. The maximum Gasteiger partial charge on any atom is 0.303 e. The van der Waals surface area contributed by atoms with Crippen LogP contribution in [0.5, 0.6) is 0 Å². The normalized spacial score (nSPS) is 21.9. The molecule has 2 heterocycles. The topological polar surface area (TPSA) is 73.4 Å². The molecule has 0 saturated heterocycles. The molecule has 0 radical (unpaired) electrons. The highest BCUT2D eigenvalue weighted by Gasteiger charge is 2.35. The molecule has 2 aromatic carbocycles. The van der Waals surface area contributed by atoms with E-state index in [-0.39, 0.29) is 23.5 Å². The van der Waals surface area contributed by atoms with Crippen LogP contribution in [0.2, 0.25) is 0 Å². The third-order valence-electron chi connectivity index (χ3n) is 5.07. The summed E-state index contributed by atoms with van der Waals surface area (Å²) >= 11 is 1.74. The molecule has 2 aliphatic rings. The molecule has 0 aliphatic carbocycles. The highest BCUT2D eigenvalue weighted by atomic mass is 32.2. The number of rotatable bonds is 4. The van der Waals surface area contributed by atoms with Crippen LogP contribution in [-0.2, 0) is 4.79 Å². The molecule has 3 atom stereocenters. The van der Waals surface area contributed by atoms with Crippen molar-refractivity contribution in [3.8, 4) is 6.07 Å². The monoisotopic (exact) mass is 374 g/mol. The number of aliphatic imine (C=N–C) groups is 1. The summed E-state index contributed by atoms with van der Waals surface area (Å²) in [5, 5.41) is 20.7. The highest BCUT2D eigenvalue weighted by molar-refractivity contribution is 8.04. The van der Waals surface area contributed by atoms with Crippen molar-refractivity contribution in [2.45, 2.75) is 18.6 Å². The van der Waals surface area contributed by atoms with Gasteiger partial charge in [0.25, 0.3) is 0 Å². The Hall–Kier alpha value is -2.84. The van der Waals surface area contributed by atoms with Gasteiger partial charge in [0.1, 0.15) is 0 Å². The number of fused-ring (bicyclic) bond motifs is 2. The Kier molecular flexibility index (Phi) is 4.59. The second kappa shape index (κ2) is 7.05. The molecule has 0 spiro atoms. The summed E-state index contributed by atoms with van der Waals surface area (Å²) in [5.41, 5.74) is 2.88. The van der Waals surface area contributed by atoms with Gasteiger partial charge in [-0.05, 0) is 33.4 Å². The molecule has 2 aromatic rings. The van der Waals surface area contributed by atoms with Crippen LogP contribution >= 0.6 is 11.8 Å². The zero-order valence-corrected chi connectivity index (χ0v) is 15.6. The summed E-state index contributed by atoms with van der Waals surface area (Å²) in [6, 6.07) is 14.1. The lowest BCUT2D eigenvalue weighted by molar-refractivity contribution is -0.137. The van der Waals surface area contributed by atoms with Gasteiger partial charge in [-0.3, -0.25) is 9.79 Å². The standard InChI is InChI=1S/C22H18N2O2S/c1-13(8-21(25)26)20-9-15-11-24-12-19(22(15)27-20)18-7-6-14(10-23)16-4-2-3-5-17(16)18/h2-7,9,11-13,15,22H,8H2,1H3,(H,25,26). The zero-order chi connectivity index (χ0) is 19.0. The number of allylic oxidation sites excluding steroid dienone is 2. The first kappa shape index (κ1) is 17.6. The van der Waals surface area contributed by atoms with Crippen molar-refractivity contribution < 1.29 is 9.90 Å². The zero-order valence-electron chi connectivity index (χ0n) is 14.8. The molecule has 0 amide bonds. The fourth-order valence-electron chi connectivity index (χ4n) is 3.74. The molecule has 2 aliphatic heterocycles. The molecule has 4 nitrogen and oxygen atoms in total. The van der Waals surface area contributed by atoms with E-state index in [0.717, 1.165) is 26.8 Å². The van der Waals surface area contributed by atoms with Crippen molar-refractivity contribution >= 4 is 40.3 Å². The smallest absolute Gasteiger partial charge is 0.303 e. The number of hydrogen-bond donors (Lipinski definition) is 1. The van der Waals surface area contributed by atoms with E-state index in [1.807, 2.05) is 55.7 Å². The van der Waals surface area contributed by atoms with Crippen LogP contribution < -0.4 is 0 Å². The number of nitriles is 1. The average Bonchev–Trinajstić information content (AvgIpc) is 3.11. The van der Waals surface area contributed by atoms with Gasteiger partial charge in [-0.15, -0.1) is 11.8 Å². The number of aliphatic carboxylic acids is 1. The Morgan fingerprint density at radius 1 is 1.30 bits per heavy atom. The van der Waals surface area contributed by atoms with Gasteiger partial charge in [0.15, 0.2) is 0 Å². The Bertz CT molecular complexity index is 1060. The van der Waals surface area contributed by atoms with Crippen LogP contribution in [0.15, 0.2) is 58.6 Å². The third-order valence-corrected chi connectivity index (χ3v) is 6.70. The second-order valence-electron chi connectivity index (χ2n) is 6.88. The van der Waals surface area contributed by atoms with Crippen molar-refractivity contribution in [2.75, 3.05) is 0 Å². The van der Waals surface area contributed by atoms with Crippen molar-refractivity contribution in [3.05, 3.63) is 64.7 Å². The number of benzene rings is 2. The molecule has 4 rings (SSSR count). The first-order chi connectivity index (χ1) is 13.1. The molecular weight excluding hydrogens is 356 g/mol. The van der Waals surface area contributed by atoms with Crippen molar-refractivity contribution in [2.24, 2.45) is 16.8 Å². The predicted molar refractivity (Wildman–Crippen MR) is 110 cm³/mol. The molecule has 0 fully saturated rings. The van der Waals surface area contributed by atoms with Crippen molar-refractivity contribution in [1.82, 2.24) is 0 Å². The van der Waals surface area contributed by atoms with Crippen LogP contribution in [0.3, 0.4) is 0 Å². The van der Waals surface area contributed by atoms with Gasteiger partial charge in [0.05, 0.1) is 18.1 Å². The van der Waals surface area contributed by atoms with Crippen LogP contribution in [-0.4, -0.2) is 22.5 Å². The molecule has 3 unspecified atom stereocenters. The minimum absolute atomic E-state index is 0.00883. The lowest BCUT2D eigenvalue weighted by Crippen LogP contribution is -2.18. The van der Waals surface area contributed by atoms with Gasteiger partial charge in [-0.2, -0.15) is 5.26 Å². The number of hydrogen-bond acceptors (Lipinski definition) is 4. The molecule has 134 valence electrons. The van der Waals surface area contributed by atoms with Gasteiger partial charge in [0.2, 0.25) is 0 Å². The third kappa shape index (κ3) is 3.17. The van der Waals surface area contributed by atoms with Gasteiger partial charge in [-0.1, -0.05) is 43.3 Å². The molecule has 1 N–H and O–H groups in total. The van der Waals surface area contributed by atoms with Crippen molar-refractivity contribution in [1.29, 1.82) is 5.26 Å². The summed E-state index contributed by atoms with van der Waals surface area (Å²) in [7, 11) is 0. The fraction of sp³-hybridized carbons (Fsp3) is 0.227. The Labute approximate surface area is 161 Å². The molecular formula is C22H18N2O2S. The lowest BCUT2D eigenvalue weighted by atomic mass is 9.88. The largest absolute Gasteiger partial charge is 0.481 e. The minimum atomic E-state index is -0.776. The van der Waals surface area contributed by atoms with Gasteiger partial charge in [-0.25, -0.2) is 0 Å². The van der Waals surface area contributed by atoms with Crippen LogP contribution in [0, 0.1) is 23.2 Å². The van der Waals surface area contributed by atoms with Crippen LogP contribution in [0.4, 0.5) is 0 Å². The van der Waals surface area contributed by atoms with Gasteiger partial charge < -0.3 is 5.11 Å². The molecule has 0 saturated carbocycles. The summed E-state index contributed by atoms with van der Waals surface area (Å²) in [5.74, 6) is -0.623. The van der Waals surface area contributed by atoms with Gasteiger partial charge in [0, 0.05) is 29.0 Å². The van der Waals surface area contributed by atoms with E-state index in [1.165, 1.54) is 0 Å². The second-order valence-corrected chi connectivity index (χ2v) is 8.10. The fourth-order valence-corrected chi connectivity index (χ4v) is 5.21. The predicted octanol–water partition coefficient (Wildman–Crippen LogP) is 4.86. The first-order valence-corrected chi connectivity index (χ1v) is 9.72. The summed E-state index contributed by atoms with van der Waals surface area (Å²) < 4.78 is 0. The number of nitrogens with zero attached hydrogens (tertiary/aromatic N) is 2. The molecule has 0 aromatic heterocycles. The number of carboxylic acid groups (broad SMARTS) is 1.